The number of nitrogens with zero attached hydrogens (tertiary/aromatic N) is 1. The molecule has 1 aromatic carbocycles. The summed E-state index contributed by atoms with van der Waals surface area (Å²) < 4.78 is 5.59. The zero-order valence-electron chi connectivity index (χ0n) is 11.1. The molecular formula is C14H15BrClNO3. The number of ether oxygens (including phenoxy) is 1. The maximum atomic E-state index is 12.6. The highest BCUT2D eigenvalue weighted by molar-refractivity contribution is 9.10. The van der Waals surface area contributed by atoms with Crippen LogP contribution < -0.4 is 0 Å². The van der Waals surface area contributed by atoms with Crippen molar-refractivity contribution >= 4 is 39.4 Å². The summed E-state index contributed by atoms with van der Waals surface area (Å²) in [5, 5.41) is 0.374. The van der Waals surface area contributed by atoms with Crippen molar-refractivity contribution in [2.45, 2.75) is 25.3 Å². The molecule has 4 nitrogen and oxygen atoms in total. The topological polar surface area (TPSA) is 46.6 Å². The molecule has 0 saturated carbocycles. The summed E-state index contributed by atoms with van der Waals surface area (Å²) in [5.41, 5.74) is 0.408. The van der Waals surface area contributed by atoms with Crippen LogP contribution in [0.1, 0.15) is 29.6 Å². The van der Waals surface area contributed by atoms with Gasteiger partial charge in [-0.05, 0) is 37.5 Å². The zero-order chi connectivity index (χ0) is 14.7. The molecule has 20 heavy (non-hydrogen) atoms. The molecule has 0 aromatic heterocycles. The second-order valence-electron chi connectivity index (χ2n) is 4.66. The molecule has 1 fully saturated rings. The number of benzene rings is 1. The lowest BCUT2D eigenvalue weighted by Gasteiger charge is -2.34. The van der Waals surface area contributed by atoms with Gasteiger partial charge in [-0.1, -0.05) is 27.5 Å². The summed E-state index contributed by atoms with van der Waals surface area (Å²) in [6, 6.07) is 4.58. The van der Waals surface area contributed by atoms with E-state index in [4.69, 9.17) is 16.3 Å². The molecule has 108 valence electrons. The molecular weight excluding hydrogens is 346 g/mol. The van der Waals surface area contributed by atoms with Gasteiger partial charge in [0.25, 0.3) is 5.91 Å². The maximum absolute atomic E-state index is 12.6. The van der Waals surface area contributed by atoms with Crippen molar-refractivity contribution in [3.05, 3.63) is 33.3 Å². The lowest BCUT2D eigenvalue weighted by Crippen LogP contribution is -2.48. The Morgan fingerprint density at radius 1 is 1.40 bits per heavy atom. The lowest BCUT2D eigenvalue weighted by molar-refractivity contribution is -0.147. The molecule has 1 aliphatic heterocycles. The third kappa shape index (κ3) is 3.15. The Hall–Kier alpha value is -1.07. The van der Waals surface area contributed by atoms with E-state index < -0.39 is 6.04 Å². The Morgan fingerprint density at radius 2 is 2.15 bits per heavy atom. The Bertz CT molecular complexity index is 535. The molecule has 0 spiro atoms. The van der Waals surface area contributed by atoms with Gasteiger partial charge in [0.05, 0.1) is 17.7 Å². The van der Waals surface area contributed by atoms with Crippen molar-refractivity contribution in [2.24, 2.45) is 0 Å². The first kappa shape index (κ1) is 15.3. The fraction of sp³-hybridized carbons (Fsp3) is 0.429. The minimum Gasteiger partial charge on any atom is -0.467 e. The Labute approximate surface area is 131 Å². The van der Waals surface area contributed by atoms with Gasteiger partial charge in [0.2, 0.25) is 0 Å². The third-order valence-electron chi connectivity index (χ3n) is 3.40. The van der Waals surface area contributed by atoms with Gasteiger partial charge < -0.3 is 9.64 Å². The molecule has 0 radical (unpaired) electrons. The van der Waals surface area contributed by atoms with E-state index in [9.17, 15) is 9.59 Å². The van der Waals surface area contributed by atoms with E-state index in [2.05, 4.69) is 15.9 Å². The first-order chi connectivity index (χ1) is 9.54. The molecule has 0 N–H and O–H groups in total. The average molecular weight is 361 g/mol. The fourth-order valence-corrected chi connectivity index (χ4v) is 3.13. The second kappa shape index (κ2) is 6.59. The van der Waals surface area contributed by atoms with Crippen molar-refractivity contribution in [3.63, 3.8) is 0 Å². The zero-order valence-corrected chi connectivity index (χ0v) is 13.4. The first-order valence-corrected chi connectivity index (χ1v) is 7.55. The Morgan fingerprint density at radius 3 is 2.80 bits per heavy atom. The monoisotopic (exact) mass is 359 g/mol. The van der Waals surface area contributed by atoms with Gasteiger partial charge in [0.1, 0.15) is 6.04 Å². The van der Waals surface area contributed by atoms with Crippen molar-refractivity contribution in [3.8, 4) is 0 Å². The molecule has 1 aromatic rings. The third-order valence-corrected chi connectivity index (χ3v) is 4.20. The minimum atomic E-state index is -0.513. The molecule has 1 heterocycles. The number of carbonyl (C=O) groups excluding carboxylic acids is 2. The van der Waals surface area contributed by atoms with Crippen molar-refractivity contribution < 1.29 is 14.3 Å². The molecule has 2 rings (SSSR count). The summed E-state index contributed by atoms with van der Waals surface area (Å²) in [4.78, 5) is 25.9. The number of amides is 1. The number of piperidine rings is 1. The summed E-state index contributed by atoms with van der Waals surface area (Å²) in [7, 11) is 1.34. The van der Waals surface area contributed by atoms with E-state index in [-0.39, 0.29) is 11.9 Å². The van der Waals surface area contributed by atoms with Gasteiger partial charge >= 0.3 is 5.97 Å². The minimum absolute atomic E-state index is 0.224. The number of hydrogen-bond acceptors (Lipinski definition) is 3. The number of hydrogen-bond donors (Lipinski definition) is 0. The SMILES string of the molecule is COC(=O)C1CCCCN1C(=O)c1ccc(Br)cc1Cl. The van der Waals surface area contributed by atoms with Crippen LogP contribution in [0.15, 0.2) is 22.7 Å². The second-order valence-corrected chi connectivity index (χ2v) is 5.98. The molecule has 1 aliphatic rings. The standard InChI is InChI=1S/C14H15BrClNO3/c1-20-14(19)12-4-2-3-7-17(12)13(18)10-6-5-9(15)8-11(10)16/h5-6,8,12H,2-4,7H2,1H3. The number of carbonyl (C=O) groups is 2. The largest absolute Gasteiger partial charge is 0.467 e. The van der Waals surface area contributed by atoms with E-state index in [1.807, 2.05) is 0 Å². The molecule has 0 aliphatic carbocycles. The van der Waals surface area contributed by atoms with Crippen molar-refractivity contribution in [1.82, 2.24) is 4.90 Å². The Kier molecular flexibility index (Phi) is 5.05. The highest BCUT2D eigenvalue weighted by Gasteiger charge is 2.33. The summed E-state index contributed by atoms with van der Waals surface area (Å²) in [6.45, 7) is 0.547. The lowest BCUT2D eigenvalue weighted by atomic mass is 10.0. The van der Waals surface area contributed by atoms with Crippen LogP contribution in [0, 0.1) is 0 Å². The molecule has 1 saturated heterocycles. The van der Waals surface area contributed by atoms with Crippen LogP contribution in [0.4, 0.5) is 0 Å². The van der Waals surface area contributed by atoms with Crippen LogP contribution in [0.2, 0.25) is 5.02 Å². The van der Waals surface area contributed by atoms with Gasteiger partial charge in [-0.25, -0.2) is 4.79 Å². The van der Waals surface area contributed by atoms with Crippen molar-refractivity contribution in [1.29, 1.82) is 0 Å². The summed E-state index contributed by atoms with van der Waals surface area (Å²) in [6.07, 6.45) is 2.43. The predicted octanol–water partition coefficient (Wildman–Crippen LogP) is 3.27. The van der Waals surface area contributed by atoms with E-state index >= 15 is 0 Å². The number of methoxy groups -OCH3 is 1. The molecule has 1 amide bonds. The quantitative estimate of drug-likeness (QED) is 0.761. The molecule has 1 atom stereocenters. The molecule has 0 bridgehead atoms. The van der Waals surface area contributed by atoms with Gasteiger partial charge in [0.15, 0.2) is 0 Å². The van der Waals surface area contributed by atoms with E-state index in [0.29, 0.717) is 23.6 Å². The van der Waals surface area contributed by atoms with Gasteiger partial charge in [-0.2, -0.15) is 0 Å². The number of halogens is 2. The predicted molar refractivity (Wildman–Crippen MR) is 79.8 cm³/mol. The van der Waals surface area contributed by atoms with Crippen LogP contribution in [0.25, 0.3) is 0 Å². The number of likely N-dealkylation sites (tertiary alicyclic amines) is 1. The van der Waals surface area contributed by atoms with E-state index in [1.165, 1.54) is 7.11 Å². The van der Waals surface area contributed by atoms with E-state index in [0.717, 1.165) is 17.3 Å². The van der Waals surface area contributed by atoms with Crippen molar-refractivity contribution in [2.75, 3.05) is 13.7 Å². The maximum Gasteiger partial charge on any atom is 0.328 e. The highest BCUT2D eigenvalue weighted by atomic mass is 79.9. The van der Waals surface area contributed by atoms with Crippen LogP contribution in [0.5, 0.6) is 0 Å². The molecule has 1 unspecified atom stereocenters. The summed E-state index contributed by atoms with van der Waals surface area (Å²) in [5.74, 6) is -0.594. The Balaban J connectivity index is 2.27. The summed E-state index contributed by atoms with van der Waals surface area (Å²) >= 11 is 9.42. The number of esters is 1. The highest BCUT2D eigenvalue weighted by Crippen LogP contribution is 2.26. The smallest absolute Gasteiger partial charge is 0.328 e. The van der Waals surface area contributed by atoms with Gasteiger partial charge in [-0.3, -0.25) is 4.79 Å². The first-order valence-electron chi connectivity index (χ1n) is 6.38. The average Bonchev–Trinajstić information content (AvgIpc) is 2.46. The number of rotatable bonds is 2. The van der Waals surface area contributed by atoms with Crippen LogP contribution in [-0.4, -0.2) is 36.5 Å². The normalized spacial score (nSPS) is 18.8. The van der Waals surface area contributed by atoms with Gasteiger partial charge in [0, 0.05) is 11.0 Å². The van der Waals surface area contributed by atoms with Crippen LogP contribution in [0.3, 0.4) is 0 Å². The van der Waals surface area contributed by atoms with Crippen LogP contribution in [-0.2, 0) is 9.53 Å². The fourth-order valence-electron chi connectivity index (χ4n) is 2.37. The van der Waals surface area contributed by atoms with Crippen LogP contribution >= 0.6 is 27.5 Å². The molecule has 6 heteroatoms. The van der Waals surface area contributed by atoms with Gasteiger partial charge in [-0.15, -0.1) is 0 Å². The van der Waals surface area contributed by atoms with E-state index in [1.54, 1.807) is 23.1 Å².